The lowest BCUT2D eigenvalue weighted by Crippen LogP contribution is -2.40. The molecule has 1 aromatic heterocycles. The number of rotatable bonds is 6. The van der Waals surface area contributed by atoms with E-state index in [1.165, 1.54) is 11.1 Å². The Morgan fingerprint density at radius 1 is 1.21 bits per heavy atom. The van der Waals surface area contributed by atoms with Gasteiger partial charge in [-0.25, -0.2) is 0 Å². The average molecular weight is 346 g/mol. The smallest absolute Gasteiger partial charge is 0.174 e. The fourth-order valence-electron chi connectivity index (χ4n) is 2.52. The van der Waals surface area contributed by atoms with Gasteiger partial charge in [-0.15, -0.1) is 0 Å². The van der Waals surface area contributed by atoms with Crippen molar-refractivity contribution in [2.45, 2.75) is 26.8 Å². The normalized spacial score (nSPS) is 12.2. The SMILES string of the molecule is Cc1ccc(C)c(NC(=S)N(CCN(C)C)C(C)c2ccco2)c1. The third-order valence-corrected chi connectivity index (χ3v) is 4.44. The average Bonchev–Trinajstić information content (AvgIpc) is 3.05. The van der Waals surface area contributed by atoms with E-state index in [1.807, 2.05) is 12.1 Å². The lowest BCUT2D eigenvalue weighted by Gasteiger charge is -2.32. The Labute approximate surface area is 150 Å². The summed E-state index contributed by atoms with van der Waals surface area (Å²) in [7, 11) is 4.13. The summed E-state index contributed by atoms with van der Waals surface area (Å²) in [6.07, 6.45) is 1.71. The summed E-state index contributed by atoms with van der Waals surface area (Å²) in [4.78, 5) is 4.33. The number of hydrogen-bond donors (Lipinski definition) is 1. The zero-order valence-electron chi connectivity index (χ0n) is 15.2. The van der Waals surface area contributed by atoms with Crippen molar-refractivity contribution in [3.05, 3.63) is 53.5 Å². The van der Waals surface area contributed by atoms with Gasteiger partial charge in [0.25, 0.3) is 0 Å². The summed E-state index contributed by atoms with van der Waals surface area (Å²) in [5.41, 5.74) is 3.45. The second-order valence-corrected chi connectivity index (χ2v) is 6.82. The van der Waals surface area contributed by atoms with Gasteiger partial charge in [-0.2, -0.15) is 0 Å². The molecule has 2 aromatic rings. The van der Waals surface area contributed by atoms with Gasteiger partial charge >= 0.3 is 0 Å². The maximum Gasteiger partial charge on any atom is 0.174 e. The van der Waals surface area contributed by atoms with Crippen molar-refractivity contribution in [1.82, 2.24) is 9.80 Å². The van der Waals surface area contributed by atoms with Crippen molar-refractivity contribution < 1.29 is 4.42 Å². The first-order chi connectivity index (χ1) is 11.4. The Hall–Kier alpha value is -1.85. The second-order valence-electron chi connectivity index (χ2n) is 6.44. The molecule has 0 radical (unpaired) electrons. The molecule has 1 N–H and O–H groups in total. The molecule has 0 aliphatic heterocycles. The molecule has 0 fully saturated rings. The van der Waals surface area contributed by atoms with Crippen molar-refractivity contribution in [3.8, 4) is 0 Å². The number of benzene rings is 1. The molecule has 0 saturated heterocycles. The molecule has 1 unspecified atom stereocenters. The fraction of sp³-hybridized carbons (Fsp3) is 0.421. The highest BCUT2D eigenvalue weighted by molar-refractivity contribution is 7.80. The van der Waals surface area contributed by atoms with Gasteiger partial charge in [0.1, 0.15) is 5.76 Å². The molecule has 1 aromatic carbocycles. The van der Waals surface area contributed by atoms with Crippen LogP contribution in [0.25, 0.3) is 0 Å². The molecular formula is C19H27N3OS. The van der Waals surface area contributed by atoms with E-state index in [4.69, 9.17) is 16.6 Å². The topological polar surface area (TPSA) is 31.6 Å². The highest BCUT2D eigenvalue weighted by Gasteiger charge is 2.21. The van der Waals surface area contributed by atoms with Crippen LogP contribution < -0.4 is 5.32 Å². The highest BCUT2D eigenvalue weighted by Crippen LogP contribution is 2.23. The van der Waals surface area contributed by atoms with E-state index in [-0.39, 0.29) is 6.04 Å². The van der Waals surface area contributed by atoms with E-state index < -0.39 is 0 Å². The largest absolute Gasteiger partial charge is 0.467 e. The lowest BCUT2D eigenvalue weighted by atomic mass is 10.1. The number of hydrogen-bond acceptors (Lipinski definition) is 3. The first-order valence-corrected chi connectivity index (χ1v) is 8.62. The van der Waals surface area contributed by atoms with Crippen LogP contribution in [0.15, 0.2) is 41.0 Å². The van der Waals surface area contributed by atoms with Gasteiger partial charge in [0.15, 0.2) is 5.11 Å². The Morgan fingerprint density at radius 3 is 2.58 bits per heavy atom. The molecule has 1 atom stereocenters. The summed E-state index contributed by atoms with van der Waals surface area (Å²) < 4.78 is 5.58. The summed E-state index contributed by atoms with van der Waals surface area (Å²) in [6.45, 7) is 8.03. The zero-order valence-corrected chi connectivity index (χ0v) is 16.0. The van der Waals surface area contributed by atoms with E-state index in [1.54, 1.807) is 6.26 Å². The number of anilines is 1. The van der Waals surface area contributed by atoms with Crippen LogP contribution in [0.4, 0.5) is 5.69 Å². The van der Waals surface area contributed by atoms with Gasteiger partial charge in [0.2, 0.25) is 0 Å². The molecule has 0 bridgehead atoms. The predicted molar refractivity (Wildman–Crippen MR) is 105 cm³/mol. The minimum Gasteiger partial charge on any atom is -0.467 e. The molecule has 2 rings (SSSR count). The van der Waals surface area contributed by atoms with Gasteiger partial charge in [-0.05, 0) is 76.4 Å². The monoisotopic (exact) mass is 345 g/mol. The summed E-state index contributed by atoms with van der Waals surface area (Å²) in [5, 5.41) is 4.13. The maximum atomic E-state index is 5.72. The van der Waals surface area contributed by atoms with Crippen LogP contribution >= 0.6 is 12.2 Å². The van der Waals surface area contributed by atoms with E-state index in [0.717, 1.165) is 29.6 Å². The van der Waals surface area contributed by atoms with Gasteiger partial charge < -0.3 is 19.5 Å². The molecule has 0 aliphatic carbocycles. The molecular weight excluding hydrogens is 318 g/mol. The van der Waals surface area contributed by atoms with Crippen molar-refractivity contribution in [2.24, 2.45) is 0 Å². The van der Waals surface area contributed by atoms with E-state index in [9.17, 15) is 0 Å². The predicted octanol–water partition coefficient (Wildman–Crippen LogP) is 4.22. The van der Waals surface area contributed by atoms with Crippen molar-refractivity contribution in [1.29, 1.82) is 0 Å². The maximum absolute atomic E-state index is 5.72. The minimum absolute atomic E-state index is 0.0741. The van der Waals surface area contributed by atoms with Crippen molar-refractivity contribution >= 4 is 23.0 Å². The first kappa shape index (κ1) is 18.5. The molecule has 0 saturated carbocycles. The molecule has 4 nitrogen and oxygen atoms in total. The van der Waals surface area contributed by atoms with Gasteiger partial charge in [-0.3, -0.25) is 0 Å². The zero-order chi connectivity index (χ0) is 17.7. The molecule has 5 heteroatoms. The van der Waals surface area contributed by atoms with Gasteiger partial charge in [0.05, 0.1) is 12.3 Å². The van der Waals surface area contributed by atoms with Gasteiger partial charge in [0, 0.05) is 18.8 Å². The Balaban J connectivity index is 2.18. The number of nitrogens with zero attached hydrogens (tertiary/aromatic N) is 2. The van der Waals surface area contributed by atoms with Gasteiger partial charge in [-0.1, -0.05) is 12.1 Å². The van der Waals surface area contributed by atoms with Crippen LogP contribution in [0, 0.1) is 13.8 Å². The van der Waals surface area contributed by atoms with E-state index >= 15 is 0 Å². The quantitative estimate of drug-likeness (QED) is 0.793. The van der Waals surface area contributed by atoms with Crippen LogP contribution in [0.5, 0.6) is 0 Å². The second kappa shape index (κ2) is 8.31. The highest BCUT2D eigenvalue weighted by atomic mass is 32.1. The molecule has 0 aliphatic rings. The van der Waals surface area contributed by atoms with E-state index in [0.29, 0.717) is 0 Å². The molecule has 0 amide bonds. The molecule has 130 valence electrons. The summed E-state index contributed by atoms with van der Waals surface area (Å²) in [5.74, 6) is 0.916. The van der Waals surface area contributed by atoms with E-state index in [2.05, 4.69) is 68.2 Å². The van der Waals surface area contributed by atoms with Crippen LogP contribution in [0.1, 0.15) is 29.9 Å². The first-order valence-electron chi connectivity index (χ1n) is 8.21. The number of furan rings is 1. The Kier molecular flexibility index (Phi) is 6.40. The third-order valence-electron chi connectivity index (χ3n) is 4.11. The standard InChI is InChI=1S/C19H27N3OS/c1-14-8-9-15(2)17(13-14)20-19(24)22(11-10-21(4)5)16(3)18-7-6-12-23-18/h6-9,12-13,16H,10-11H2,1-5H3,(H,20,24). The fourth-order valence-corrected chi connectivity index (χ4v) is 2.88. The molecule has 0 spiro atoms. The van der Waals surface area contributed by atoms with Crippen LogP contribution in [0.2, 0.25) is 0 Å². The van der Waals surface area contributed by atoms with Crippen LogP contribution in [-0.4, -0.2) is 42.1 Å². The number of thiocarbonyl (C=S) groups is 1. The van der Waals surface area contributed by atoms with Crippen molar-refractivity contribution in [3.63, 3.8) is 0 Å². The Bertz CT molecular complexity index is 667. The van der Waals surface area contributed by atoms with Crippen molar-refractivity contribution in [2.75, 3.05) is 32.5 Å². The minimum atomic E-state index is 0.0741. The molecule has 1 heterocycles. The lowest BCUT2D eigenvalue weighted by molar-refractivity contribution is 0.263. The molecule has 24 heavy (non-hydrogen) atoms. The summed E-state index contributed by atoms with van der Waals surface area (Å²) >= 11 is 5.72. The number of likely N-dealkylation sites (N-methyl/N-ethyl adjacent to an activating group) is 1. The number of aryl methyl sites for hydroxylation is 2. The van der Waals surface area contributed by atoms with Crippen LogP contribution in [-0.2, 0) is 0 Å². The Morgan fingerprint density at radius 2 is 1.96 bits per heavy atom. The number of nitrogens with one attached hydrogen (secondary N) is 1. The summed E-state index contributed by atoms with van der Waals surface area (Å²) in [6, 6.07) is 10.3. The third kappa shape index (κ3) is 4.82. The van der Waals surface area contributed by atoms with Crippen LogP contribution in [0.3, 0.4) is 0 Å².